The highest BCUT2D eigenvalue weighted by molar-refractivity contribution is 5.81. The van der Waals surface area contributed by atoms with Crippen LogP contribution in [0.2, 0.25) is 0 Å². The van der Waals surface area contributed by atoms with Crippen LogP contribution in [0.25, 0.3) is 0 Å². The average Bonchev–Trinajstić information content (AvgIpc) is 2.16. The third kappa shape index (κ3) is 2.62. The summed E-state index contributed by atoms with van der Waals surface area (Å²) < 4.78 is 9.86. The molecular weight excluding hydrogens is 156 g/mol. The summed E-state index contributed by atoms with van der Waals surface area (Å²) in [6, 6.07) is 0. The molecule has 64 valence electrons. The average molecular weight is 166 g/mol. The molecule has 0 aromatic carbocycles. The zero-order valence-electron chi connectivity index (χ0n) is 6.60. The summed E-state index contributed by atoms with van der Waals surface area (Å²) in [5.74, 6) is -0.429. The fraction of sp³-hybridized carbons (Fsp3) is 0.222. The fourth-order valence-corrected chi connectivity index (χ4v) is 0.743. The van der Waals surface area contributed by atoms with Gasteiger partial charge in [-0.05, 0) is 12.2 Å². The van der Waals surface area contributed by atoms with Crippen molar-refractivity contribution in [1.29, 1.82) is 0 Å². The van der Waals surface area contributed by atoms with Crippen molar-refractivity contribution in [3.05, 3.63) is 37.1 Å². The van der Waals surface area contributed by atoms with Crippen molar-refractivity contribution in [2.24, 2.45) is 0 Å². The molecule has 1 atom stereocenters. The molecule has 0 spiro atoms. The third-order valence-corrected chi connectivity index (χ3v) is 1.33. The Labute approximate surface area is 71.0 Å². The van der Waals surface area contributed by atoms with E-state index < -0.39 is 5.97 Å². The Hall–Kier alpha value is -1.51. The summed E-state index contributed by atoms with van der Waals surface area (Å²) in [6.07, 6.45) is 7.95. The molecule has 0 aromatic heterocycles. The van der Waals surface area contributed by atoms with Crippen LogP contribution in [0.15, 0.2) is 37.1 Å². The van der Waals surface area contributed by atoms with Gasteiger partial charge in [0, 0.05) is 6.08 Å². The lowest BCUT2D eigenvalue weighted by atomic mass is 10.3. The molecule has 0 saturated heterocycles. The van der Waals surface area contributed by atoms with Gasteiger partial charge in [0.15, 0.2) is 6.10 Å². The Morgan fingerprint density at radius 1 is 1.67 bits per heavy atom. The Bertz CT molecular complexity index is 228. The Morgan fingerprint density at radius 2 is 2.50 bits per heavy atom. The van der Waals surface area contributed by atoms with Gasteiger partial charge >= 0.3 is 5.97 Å². The molecule has 3 heteroatoms. The van der Waals surface area contributed by atoms with E-state index in [0.29, 0.717) is 0 Å². The molecule has 0 aromatic rings. The first-order valence-electron chi connectivity index (χ1n) is 3.61. The van der Waals surface area contributed by atoms with Crippen LogP contribution in [-0.4, -0.2) is 18.7 Å². The molecule has 3 nitrogen and oxygen atoms in total. The zero-order valence-corrected chi connectivity index (χ0v) is 6.60. The van der Waals surface area contributed by atoms with Gasteiger partial charge in [0.1, 0.15) is 6.61 Å². The SMILES string of the molecule is C=CC(=O)OCC1C=CC=CO1. The van der Waals surface area contributed by atoms with Crippen LogP contribution in [0, 0.1) is 0 Å². The van der Waals surface area contributed by atoms with E-state index in [2.05, 4.69) is 6.58 Å². The van der Waals surface area contributed by atoms with Crippen LogP contribution in [0.1, 0.15) is 0 Å². The minimum atomic E-state index is -0.429. The maximum atomic E-state index is 10.6. The van der Waals surface area contributed by atoms with Gasteiger partial charge in [-0.25, -0.2) is 4.79 Å². The van der Waals surface area contributed by atoms with Crippen LogP contribution < -0.4 is 0 Å². The molecular formula is C9H10O3. The highest BCUT2D eigenvalue weighted by atomic mass is 16.6. The largest absolute Gasteiger partial charge is 0.490 e. The minimum Gasteiger partial charge on any atom is -0.490 e. The van der Waals surface area contributed by atoms with Gasteiger partial charge in [-0.15, -0.1) is 0 Å². The number of rotatable bonds is 3. The van der Waals surface area contributed by atoms with E-state index in [1.54, 1.807) is 12.3 Å². The maximum Gasteiger partial charge on any atom is 0.330 e. The van der Waals surface area contributed by atoms with E-state index in [0.717, 1.165) is 6.08 Å². The normalized spacial score (nSPS) is 19.8. The Kier molecular flexibility index (Phi) is 3.14. The topological polar surface area (TPSA) is 35.5 Å². The van der Waals surface area contributed by atoms with Crippen LogP contribution in [0.3, 0.4) is 0 Å². The second-order valence-corrected chi connectivity index (χ2v) is 2.22. The van der Waals surface area contributed by atoms with Crippen molar-refractivity contribution in [3.63, 3.8) is 0 Å². The van der Waals surface area contributed by atoms with Crippen molar-refractivity contribution in [2.45, 2.75) is 6.10 Å². The van der Waals surface area contributed by atoms with Crippen LogP contribution >= 0.6 is 0 Å². The van der Waals surface area contributed by atoms with E-state index in [9.17, 15) is 4.79 Å². The predicted octanol–water partition coefficient (Wildman–Crippen LogP) is 1.18. The highest BCUT2D eigenvalue weighted by Gasteiger charge is 2.07. The standard InChI is InChI=1S/C9H10O3/c1-2-9(10)12-7-8-5-3-4-6-11-8/h2-6,8H,1,7H2. The van der Waals surface area contributed by atoms with Gasteiger partial charge in [-0.3, -0.25) is 0 Å². The first kappa shape index (κ1) is 8.59. The summed E-state index contributed by atoms with van der Waals surface area (Å²) in [7, 11) is 0. The van der Waals surface area contributed by atoms with E-state index in [4.69, 9.17) is 9.47 Å². The summed E-state index contributed by atoms with van der Waals surface area (Å²) in [6.45, 7) is 3.50. The highest BCUT2D eigenvalue weighted by Crippen LogP contribution is 2.02. The second kappa shape index (κ2) is 4.38. The van der Waals surface area contributed by atoms with E-state index in [-0.39, 0.29) is 12.7 Å². The smallest absolute Gasteiger partial charge is 0.330 e. The molecule has 12 heavy (non-hydrogen) atoms. The molecule has 0 radical (unpaired) electrons. The second-order valence-electron chi connectivity index (χ2n) is 2.22. The summed E-state index contributed by atoms with van der Waals surface area (Å²) in [4.78, 5) is 10.6. The molecule has 0 bridgehead atoms. The quantitative estimate of drug-likeness (QED) is 0.466. The number of esters is 1. The molecule has 0 aliphatic carbocycles. The van der Waals surface area contributed by atoms with Gasteiger partial charge < -0.3 is 9.47 Å². The van der Waals surface area contributed by atoms with E-state index in [1.165, 1.54) is 0 Å². The van der Waals surface area contributed by atoms with Crippen molar-refractivity contribution >= 4 is 5.97 Å². The lowest BCUT2D eigenvalue weighted by molar-refractivity contribution is -0.139. The lowest BCUT2D eigenvalue weighted by Gasteiger charge is -2.13. The monoisotopic (exact) mass is 166 g/mol. The third-order valence-electron chi connectivity index (χ3n) is 1.33. The molecule has 1 rings (SSSR count). The molecule has 0 fully saturated rings. The Balaban J connectivity index is 2.23. The van der Waals surface area contributed by atoms with Crippen LogP contribution in [0.4, 0.5) is 0 Å². The molecule has 0 amide bonds. The maximum absolute atomic E-state index is 10.6. The number of allylic oxidation sites excluding steroid dienone is 2. The van der Waals surface area contributed by atoms with Crippen molar-refractivity contribution in [3.8, 4) is 0 Å². The number of hydrogen-bond acceptors (Lipinski definition) is 3. The number of carbonyl (C=O) groups is 1. The fourth-order valence-electron chi connectivity index (χ4n) is 0.743. The lowest BCUT2D eigenvalue weighted by Crippen LogP contribution is -2.18. The zero-order chi connectivity index (χ0) is 8.81. The van der Waals surface area contributed by atoms with Crippen LogP contribution in [0.5, 0.6) is 0 Å². The van der Waals surface area contributed by atoms with Gasteiger partial charge in [0.2, 0.25) is 0 Å². The number of hydrogen-bond donors (Lipinski definition) is 0. The molecule has 1 aliphatic heterocycles. The molecule has 0 N–H and O–H groups in total. The van der Waals surface area contributed by atoms with Gasteiger partial charge in [-0.2, -0.15) is 0 Å². The van der Waals surface area contributed by atoms with E-state index >= 15 is 0 Å². The molecule has 0 saturated carbocycles. The first-order valence-corrected chi connectivity index (χ1v) is 3.61. The van der Waals surface area contributed by atoms with E-state index in [1.807, 2.05) is 12.2 Å². The summed E-state index contributed by atoms with van der Waals surface area (Å²) in [5, 5.41) is 0. The molecule has 1 unspecified atom stereocenters. The Morgan fingerprint density at radius 3 is 3.08 bits per heavy atom. The summed E-state index contributed by atoms with van der Waals surface area (Å²) >= 11 is 0. The van der Waals surface area contributed by atoms with Crippen molar-refractivity contribution in [2.75, 3.05) is 6.61 Å². The number of ether oxygens (including phenoxy) is 2. The molecule has 1 aliphatic rings. The number of carbonyl (C=O) groups excluding carboxylic acids is 1. The first-order chi connectivity index (χ1) is 5.83. The van der Waals surface area contributed by atoms with Gasteiger partial charge in [0.25, 0.3) is 0 Å². The predicted molar refractivity (Wildman–Crippen MR) is 44.3 cm³/mol. The molecule has 1 heterocycles. The van der Waals surface area contributed by atoms with Gasteiger partial charge in [0.05, 0.1) is 6.26 Å². The minimum absolute atomic E-state index is 0.168. The summed E-state index contributed by atoms with van der Waals surface area (Å²) in [5.41, 5.74) is 0. The van der Waals surface area contributed by atoms with Crippen molar-refractivity contribution in [1.82, 2.24) is 0 Å². The van der Waals surface area contributed by atoms with Crippen molar-refractivity contribution < 1.29 is 14.3 Å². The van der Waals surface area contributed by atoms with Crippen LogP contribution in [-0.2, 0) is 14.3 Å². The van der Waals surface area contributed by atoms with Gasteiger partial charge in [-0.1, -0.05) is 12.7 Å².